The third-order valence-electron chi connectivity index (χ3n) is 3.71. The Morgan fingerprint density at radius 3 is 2.95 bits per heavy atom. The maximum atomic E-state index is 10.7. The minimum Gasteiger partial charge on any atom is -0.313 e. The summed E-state index contributed by atoms with van der Waals surface area (Å²) in [4.78, 5) is 10.3. The molecule has 0 amide bonds. The Kier molecular flexibility index (Phi) is 3.21. The van der Waals surface area contributed by atoms with Gasteiger partial charge in [0, 0.05) is 13.0 Å². The molecule has 1 atom stereocenters. The van der Waals surface area contributed by atoms with Gasteiger partial charge in [0.2, 0.25) is 0 Å². The minimum absolute atomic E-state index is 0.00699. The zero-order valence-electron chi connectivity index (χ0n) is 11.3. The fourth-order valence-electron chi connectivity index (χ4n) is 2.57. The van der Waals surface area contributed by atoms with E-state index in [0.717, 1.165) is 37.5 Å². The zero-order chi connectivity index (χ0) is 14.1. The van der Waals surface area contributed by atoms with Gasteiger partial charge in [-0.05, 0) is 19.8 Å². The maximum absolute atomic E-state index is 10.7. The van der Waals surface area contributed by atoms with Gasteiger partial charge in [-0.15, -0.1) is 10.2 Å². The molecule has 0 N–H and O–H groups in total. The highest BCUT2D eigenvalue weighted by atomic mass is 16.6. The summed E-state index contributed by atoms with van der Waals surface area (Å²) in [6.45, 7) is 2.84. The van der Waals surface area contributed by atoms with E-state index >= 15 is 0 Å². The summed E-state index contributed by atoms with van der Waals surface area (Å²) in [6.07, 6.45) is 7.09. The first kappa shape index (κ1) is 12.8. The summed E-state index contributed by atoms with van der Waals surface area (Å²) < 4.78 is 3.70. The van der Waals surface area contributed by atoms with E-state index in [2.05, 4.69) is 19.9 Å². The van der Waals surface area contributed by atoms with E-state index in [1.165, 1.54) is 18.8 Å². The van der Waals surface area contributed by atoms with Crippen LogP contribution >= 0.6 is 0 Å². The van der Waals surface area contributed by atoms with Crippen molar-refractivity contribution < 1.29 is 4.92 Å². The molecule has 0 radical (unpaired) electrons. The number of hydrogen-bond acceptors (Lipinski definition) is 5. The first-order valence-corrected chi connectivity index (χ1v) is 6.77. The average molecular weight is 276 g/mol. The number of rotatable bonds is 3. The molecule has 20 heavy (non-hydrogen) atoms. The summed E-state index contributed by atoms with van der Waals surface area (Å²) in [7, 11) is 0. The third kappa shape index (κ3) is 2.17. The first-order valence-electron chi connectivity index (χ1n) is 6.77. The highest BCUT2D eigenvalue weighted by Gasteiger charge is 2.22. The summed E-state index contributed by atoms with van der Waals surface area (Å²) >= 11 is 0. The molecule has 0 bridgehead atoms. The number of aromatic nitrogens is 5. The molecule has 0 fully saturated rings. The van der Waals surface area contributed by atoms with Crippen LogP contribution in [0.15, 0.2) is 12.4 Å². The molecule has 8 nitrogen and oxygen atoms in total. The van der Waals surface area contributed by atoms with Crippen LogP contribution in [0.4, 0.5) is 5.69 Å². The molecule has 106 valence electrons. The van der Waals surface area contributed by atoms with E-state index in [9.17, 15) is 10.1 Å². The fraction of sp³-hybridized carbons (Fsp3) is 0.583. The predicted octanol–water partition coefficient (Wildman–Crippen LogP) is 1.72. The van der Waals surface area contributed by atoms with Crippen LogP contribution in [0.3, 0.4) is 0 Å². The van der Waals surface area contributed by atoms with Gasteiger partial charge in [0.25, 0.3) is 0 Å². The van der Waals surface area contributed by atoms with Gasteiger partial charge < -0.3 is 4.57 Å². The number of nitro groups is 1. The van der Waals surface area contributed by atoms with Crippen LogP contribution in [0.1, 0.15) is 43.9 Å². The Balaban J connectivity index is 1.91. The molecular weight excluding hydrogens is 260 g/mol. The molecule has 2 aromatic heterocycles. The van der Waals surface area contributed by atoms with Gasteiger partial charge in [0.15, 0.2) is 5.82 Å². The molecule has 0 saturated heterocycles. The van der Waals surface area contributed by atoms with Gasteiger partial charge in [-0.1, -0.05) is 6.42 Å². The largest absolute Gasteiger partial charge is 0.313 e. The van der Waals surface area contributed by atoms with Gasteiger partial charge in [-0.2, -0.15) is 5.10 Å². The second-order valence-corrected chi connectivity index (χ2v) is 5.05. The van der Waals surface area contributed by atoms with E-state index in [1.54, 1.807) is 4.68 Å². The van der Waals surface area contributed by atoms with Crippen molar-refractivity contribution >= 4 is 5.69 Å². The Bertz CT molecular complexity index is 632. The van der Waals surface area contributed by atoms with Crippen molar-refractivity contribution in [3.8, 4) is 0 Å². The van der Waals surface area contributed by atoms with E-state index < -0.39 is 4.92 Å². The average Bonchev–Trinajstić information content (AvgIpc) is 3.01. The number of aryl methyl sites for hydroxylation is 1. The van der Waals surface area contributed by atoms with E-state index in [1.807, 2.05) is 6.92 Å². The van der Waals surface area contributed by atoms with Crippen molar-refractivity contribution in [2.24, 2.45) is 0 Å². The lowest BCUT2D eigenvalue weighted by Gasteiger charge is -2.13. The summed E-state index contributed by atoms with van der Waals surface area (Å²) in [5.74, 6) is 1.82. The quantitative estimate of drug-likeness (QED) is 0.628. The fourth-order valence-corrected chi connectivity index (χ4v) is 2.57. The lowest BCUT2D eigenvalue weighted by atomic mass is 10.2. The molecule has 8 heteroatoms. The highest BCUT2D eigenvalue weighted by Crippen LogP contribution is 2.22. The van der Waals surface area contributed by atoms with Crippen molar-refractivity contribution in [2.75, 3.05) is 0 Å². The van der Waals surface area contributed by atoms with Crippen molar-refractivity contribution in [3.63, 3.8) is 0 Å². The zero-order valence-corrected chi connectivity index (χ0v) is 11.3. The number of nitrogens with zero attached hydrogens (tertiary/aromatic N) is 6. The van der Waals surface area contributed by atoms with Crippen molar-refractivity contribution in [1.29, 1.82) is 0 Å². The Morgan fingerprint density at radius 2 is 2.20 bits per heavy atom. The van der Waals surface area contributed by atoms with E-state index in [4.69, 9.17) is 0 Å². The number of fused-ring (bicyclic) bond motifs is 1. The number of hydrogen-bond donors (Lipinski definition) is 0. The second kappa shape index (κ2) is 5.03. The normalized spacial score (nSPS) is 16.4. The molecular formula is C12H16N6O2. The molecule has 3 heterocycles. The van der Waals surface area contributed by atoms with Gasteiger partial charge in [0.1, 0.15) is 24.3 Å². The summed E-state index contributed by atoms with van der Waals surface area (Å²) in [5, 5.41) is 23.3. The molecule has 3 rings (SSSR count). The van der Waals surface area contributed by atoms with Crippen LogP contribution in [0.2, 0.25) is 0 Å². The van der Waals surface area contributed by atoms with Gasteiger partial charge in [-0.3, -0.25) is 14.8 Å². The van der Waals surface area contributed by atoms with E-state index in [0.29, 0.717) is 0 Å². The monoisotopic (exact) mass is 276 g/mol. The van der Waals surface area contributed by atoms with Crippen LogP contribution in [0.5, 0.6) is 0 Å². The highest BCUT2D eigenvalue weighted by molar-refractivity contribution is 5.21. The molecule has 0 aliphatic carbocycles. The van der Waals surface area contributed by atoms with Gasteiger partial charge in [-0.25, -0.2) is 0 Å². The van der Waals surface area contributed by atoms with Crippen molar-refractivity contribution in [3.05, 3.63) is 34.2 Å². The van der Waals surface area contributed by atoms with Crippen molar-refractivity contribution in [1.82, 2.24) is 24.5 Å². The van der Waals surface area contributed by atoms with Crippen LogP contribution in [0.25, 0.3) is 0 Å². The van der Waals surface area contributed by atoms with Crippen LogP contribution < -0.4 is 0 Å². The molecule has 0 spiro atoms. The van der Waals surface area contributed by atoms with Crippen molar-refractivity contribution in [2.45, 2.75) is 45.2 Å². The standard InChI is InChI=1S/C12H16N6O2/c1-9(17-8-10(7-13-17)18(19)20)12-15-14-11-5-3-2-4-6-16(11)12/h7-9H,2-6H2,1H3. The topological polar surface area (TPSA) is 91.7 Å². The molecule has 2 aromatic rings. The minimum atomic E-state index is -0.444. The Labute approximate surface area is 115 Å². The Hall–Kier alpha value is -2.25. The molecule has 0 saturated carbocycles. The predicted molar refractivity (Wildman–Crippen MR) is 70.3 cm³/mol. The maximum Gasteiger partial charge on any atom is 0.307 e. The second-order valence-electron chi connectivity index (χ2n) is 5.05. The SMILES string of the molecule is CC(c1nnc2n1CCCCC2)n1cc([N+](=O)[O-])cn1. The summed E-state index contributed by atoms with van der Waals surface area (Å²) in [5.41, 5.74) is -0.00699. The molecule has 0 aromatic carbocycles. The molecule has 1 aliphatic rings. The van der Waals surface area contributed by atoms with Crippen LogP contribution in [-0.4, -0.2) is 29.5 Å². The molecule has 1 aliphatic heterocycles. The smallest absolute Gasteiger partial charge is 0.307 e. The van der Waals surface area contributed by atoms with Crippen LogP contribution in [-0.2, 0) is 13.0 Å². The molecule has 1 unspecified atom stereocenters. The van der Waals surface area contributed by atoms with Gasteiger partial charge in [0.05, 0.1) is 4.92 Å². The van der Waals surface area contributed by atoms with Crippen LogP contribution in [0, 0.1) is 10.1 Å². The Morgan fingerprint density at radius 1 is 1.35 bits per heavy atom. The lowest BCUT2D eigenvalue weighted by Crippen LogP contribution is -2.15. The first-order chi connectivity index (χ1) is 9.66. The lowest BCUT2D eigenvalue weighted by molar-refractivity contribution is -0.385. The van der Waals surface area contributed by atoms with E-state index in [-0.39, 0.29) is 11.7 Å². The summed E-state index contributed by atoms with van der Waals surface area (Å²) in [6, 6.07) is -0.164. The third-order valence-corrected chi connectivity index (χ3v) is 3.71. The van der Waals surface area contributed by atoms with Gasteiger partial charge >= 0.3 is 5.69 Å².